The maximum atomic E-state index is 11.6. The average molecular weight is 439 g/mol. The molecule has 0 aromatic carbocycles. The number of rotatable bonds is 5. The van der Waals surface area contributed by atoms with E-state index in [1.54, 1.807) is 20.8 Å². The Morgan fingerprint density at radius 1 is 0.870 bits per heavy atom. The van der Waals surface area contributed by atoms with Crippen LogP contribution in [0, 0.1) is 30.4 Å². The molecule has 0 rings (SSSR count). The Morgan fingerprint density at radius 3 is 1.48 bits per heavy atom. The first-order chi connectivity index (χ1) is 9.52. The van der Waals surface area contributed by atoms with Crippen LogP contribution in [0.1, 0.15) is 54.4 Å². The molecule has 135 valence electrons. The molecular weight excluding hydrogens is 409 g/mol. The minimum Gasteiger partial charge on any atom is -0.322 e. The summed E-state index contributed by atoms with van der Waals surface area (Å²) in [5.74, 6) is 5.52. The van der Waals surface area contributed by atoms with Gasteiger partial charge in [-0.25, -0.2) is 14.7 Å². The van der Waals surface area contributed by atoms with Gasteiger partial charge in [-0.05, 0) is 33.6 Å². The van der Waals surface area contributed by atoms with Gasteiger partial charge in [-0.15, -0.1) is 0 Å². The zero-order chi connectivity index (χ0) is 18.2. The Bertz CT molecular complexity index is 581. The van der Waals surface area contributed by atoms with E-state index in [9.17, 15) is 16.8 Å². The molecule has 0 saturated heterocycles. The summed E-state index contributed by atoms with van der Waals surface area (Å²) in [6.45, 7) is 14.5. The first-order valence-corrected chi connectivity index (χ1v) is 10.6. The summed E-state index contributed by atoms with van der Waals surface area (Å²) in [6.07, 6.45) is 3.69. The van der Waals surface area contributed by atoms with Crippen molar-refractivity contribution in [3.8, 4) is 11.8 Å². The predicted octanol–water partition coefficient (Wildman–Crippen LogP) is 3.05. The molecule has 0 unspecified atom stereocenters. The summed E-state index contributed by atoms with van der Waals surface area (Å²) in [6, 6.07) is 0. The van der Waals surface area contributed by atoms with E-state index in [0.29, 0.717) is 12.8 Å². The molecule has 0 aliphatic heterocycles. The van der Waals surface area contributed by atoms with Gasteiger partial charge < -0.3 is 5.92 Å². The molecule has 0 aromatic rings. The minimum atomic E-state index is -3.22. The third-order valence-electron chi connectivity index (χ3n) is 2.51. The molecule has 0 spiro atoms. The fraction of sp³-hybridized carbons (Fsp3) is 0.750. The summed E-state index contributed by atoms with van der Waals surface area (Å²) in [5.41, 5.74) is 0.127. The third kappa shape index (κ3) is 18.6. The Labute approximate surface area is 169 Å². The van der Waals surface area contributed by atoms with Crippen molar-refractivity contribution in [3.05, 3.63) is 13.2 Å². The first kappa shape index (κ1) is 28.2. The van der Waals surface area contributed by atoms with Crippen molar-refractivity contribution in [3.63, 3.8) is 0 Å². The molecule has 4 nitrogen and oxygen atoms in total. The van der Waals surface area contributed by atoms with Gasteiger partial charge in [0.15, 0.2) is 9.84 Å². The van der Waals surface area contributed by atoms with Crippen LogP contribution in [0.2, 0.25) is 0 Å². The molecule has 0 saturated carbocycles. The molecule has 1 radical (unpaired) electrons. The summed E-state index contributed by atoms with van der Waals surface area (Å²) in [4.78, 5) is 0. The molecule has 0 atom stereocenters. The van der Waals surface area contributed by atoms with Gasteiger partial charge >= 0.3 is 0 Å². The van der Waals surface area contributed by atoms with Crippen LogP contribution in [0.15, 0.2) is 0 Å². The van der Waals surface area contributed by atoms with Gasteiger partial charge in [-0.2, -0.15) is 6.92 Å². The number of hydrogen-bond donors (Lipinski definition) is 0. The van der Waals surface area contributed by atoms with E-state index in [4.69, 9.17) is 0 Å². The second-order valence-electron chi connectivity index (χ2n) is 7.14. The van der Waals surface area contributed by atoms with Crippen LogP contribution in [0.25, 0.3) is 0 Å². The van der Waals surface area contributed by atoms with Gasteiger partial charge in [-0.1, -0.05) is 26.2 Å². The topological polar surface area (TPSA) is 68.3 Å². The van der Waals surface area contributed by atoms with Crippen LogP contribution in [-0.2, 0) is 52.4 Å². The standard InChI is InChI=1S/C9H19O4S2.C7H11.Y/c1-9(2,3)15(12,13)8-6-5-7-14(4,10)11;1-5-6-7(2,3)4;/h4-8H2,1-3H3;1H2,2-4H3;/q2*-1;. The smallest absolute Gasteiger partial charge is 0.155 e. The van der Waals surface area contributed by atoms with Crippen LogP contribution < -0.4 is 0 Å². The number of hydrogen-bond acceptors (Lipinski definition) is 4. The van der Waals surface area contributed by atoms with E-state index in [1.807, 2.05) is 0 Å². The molecule has 0 heterocycles. The van der Waals surface area contributed by atoms with Crippen molar-refractivity contribution in [2.75, 3.05) is 11.5 Å². The van der Waals surface area contributed by atoms with Crippen molar-refractivity contribution in [1.82, 2.24) is 0 Å². The van der Waals surface area contributed by atoms with Gasteiger partial charge in [-0.3, -0.25) is 14.3 Å². The molecule has 0 aromatic heterocycles. The maximum absolute atomic E-state index is 11.6. The van der Waals surface area contributed by atoms with Gasteiger partial charge in [0.1, 0.15) is 0 Å². The Kier molecular flexibility index (Phi) is 13.7. The molecule has 0 fully saturated rings. The quantitative estimate of drug-likeness (QED) is 0.375. The van der Waals surface area contributed by atoms with Crippen molar-refractivity contribution in [1.29, 1.82) is 0 Å². The van der Waals surface area contributed by atoms with Gasteiger partial charge in [0.25, 0.3) is 0 Å². The van der Waals surface area contributed by atoms with Crippen molar-refractivity contribution >= 4 is 19.7 Å². The van der Waals surface area contributed by atoms with Crippen LogP contribution >= 0.6 is 0 Å². The van der Waals surface area contributed by atoms with E-state index in [1.165, 1.54) is 0 Å². The normalized spacial score (nSPS) is 12.1. The third-order valence-corrected chi connectivity index (χ3v) is 6.12. The summed E-state index contributed by atoms with van der Waals surface area (Å²) >= 11 is 0. The zero-order valence-electron chi connectivity index (χ0n) is 15.3. The van der Waals surface area contributed by atoms with Crippen LogP contribution in [0.5, 0.6) is 0 Å². The van der Waals surface area contributed by atoms with E-state index >= 15 is 0 Å². The van der Waals surface area contributed by atoms with Crippen LogP contribution in [-0.4, -0.2) is 33.1 Å². The van der Waals surface area contributed by atoms with E-state index in [-0.39, 0.29) is 49.6 Å². The Morgan fingerprint density at radius 2 is 1.26 bits per heavy atom. The molecule has 0 aliphatic carbocycles. The van der Waals surface area contributed by atoms with Gasteiger partial charge in [0.05, 0.1) is 10.5 Å². The molecule has 0 bridgehead atoms. The fourth-order valence-corrected chi connectivity index (χ4v) is 3.03. The van der Waals surface area contributed by atoms with E-state index < -0.39 is 24.4 Å². The van der Waals surface area contributed by atoms with Crippen molar-refractivity contribution in [2.45, 2.75) is 59.1 Å². The maximum Gasteiger partial charge on any atom is 0.155 e. The van der Waals surface area contributed by atoms with Crippen LogP contribution in [0.3, 0.4) is 0 Å². The largest absolute Gasteiger partial charge is 0.322 e. The molecule has 23 heavy (non-hydrogen) atoms. The minimum absolute atomic E-state index is 0. The van der Waals surface area contributed by atoms with E-state index in [2.05, 4.69) is 45.8 Å². The first-order valence-electron chi connectivity index (χ1n) is 7.09. The van der Waals surface area contributed by atoms with Crippen LogP contribution in [0.4, 0.5) is 0 Å². The Balaban J connectivity index is -0.000000425. The van der Waals surface area contributed by atoms with Gasteiger partial charge in [0.2, 0.25) is 0 Å². The number of unbranched alkanes of at least 4 members (excludes halogenated alkanes) is 1. The number of sulfone groups is 2. The second kappa shape index (κ2) is 11.1. The summed E-state index contributed by atoms with van der Waals surface area (Å²) in [7, 11) is -6.35. The average Bonchev–Trinajstić information content (AvgIpc) is 2.20. The fourth-order valence-electron chi connectivity index (χ4n) is 1.19. The summed E-state index contributed by atoms with van der Waals surface area (Å²) < 4.78 is 43.8. The second-order valence-corrected chi connectivity index (χ2v) is 11.9. The molecule has 7 heteroatoms. The van der Waals surface area contributed by atoms with Crippen molar-refractivity contribution < 1.29 is 49.5 Å². The SMILES string of the molecule is [CH2-]C#CC(C)(C)C.[CH2-]S(=O)(=O)CCCCS(=O)(=O)C(C)(C)C.[Y]. The molecule has 0 N–H and O–H groups in total. The molecular formula is C16H30O4S2Y-2. The zero-order valence-corrected chi connectivity index (χ0v) is 19.7. The van der Waals surface area contributed by atoms with E-state index in [0.717, 1.165) is 0 Å². The summed E-state index contributed by atoms with van der Waals surface area (Å²) in [5, 5.41) is 0. The monoisotopic (exact) mass is 439 g/mol. The Hall–Kier alpha value is 0.434. The van der Waals surface area contributed by atoms with Gasteiger partial charge in [0, 0.05) is 48.3 Å². The molecule has 0 amide bonds. The predicted molar refractivity (Wildman–Crippen MR) is 94.5 cm³/mol. The molecule has 0 aliphatic rings. The van der Waals surface area contributed by atoms with Crippen molar-refractivity contribution in [2.24, 2.45) is 5.41 Å².